The molecular weight excluding hydrogens is 383 g/mol. The van der Waals surface area contributed by atoms with Crippen molar-refractivity contribution < 1.29 is 14.6 Å². The molecular formula is C17H12Cl2N2O3S. The lowest BCUT2D eigenvalue weighted by Gasteiger charge is -2.02. The molecule has 0 radical (unpaired) electrons. The molecule has 0 aliphatic carbocycles. The number of methoxy groups -OCH3 is 1. The van der Waals surface area contributed by atoms with Crippen molar-refractivity contribution in [3.05, 3.63) is 56.9 Å². The molecule has 8 heteroatoms. The molecule has 0 spiro atoms. The Kier molecular flexibility index (Phi) is 5.13. The number of hydrogen-bond acceptors (Lipinski definition) is 5. The highest BCUT2D eigenvalue weighted by molar-refractivity contribution is 7.22. The van der Waals surface area contributed by atoms with Crippen LogP contribution in [0.2, 0.25) is 10.0 Å². The van der Waals surface area contributed by atoms with E-state index in [2.05, 4.69) is 10.5 Å². The topological polar surface area (TPSA) is 70.9 Å². The summed E-state index contributed by atoms with van der Waals surface area (Å²) in [6, 6.07) is 9.94. The number of ether oxygens (including phenoxy) is 1. The van der Waals surface area contributed by atoms with Crippen molar-refractivity contribution in [1.29, 1.82) is 0 Å². The molecule has 0 unspecified atom stereocenters. The second kappa shape index (κ2) is 7.31. The van der Waals surface area contributed by atoms with Crippen LogP contribution in [0.25, 0.3) is 10.1 Å². The Labute approximate surface area is 157 Å². The lowest BCUT2D eigenvalue weighted by atomic mass is 10.2. The minimum absolute atomic E-state index is 0.117. The predicted octanol–water partition coefficient (Wildman–Crippen LogP) is 4.69. The fraction of sp³-hybridized carbons (Fsp3) is 0.0588. The van der Waals surface area contributed by atoms with Crippen LogP contribution in [-0.4, -0.2) is 24.3 Å². The third-order valence-electron chi connectivity index (χ3n) is 3.38. The second-order valence-electron chi connectivity index (χ2n) is 5.00. The molecule has 5 nitrogen and oxygen atoms in total. The number of thiophene rings is 1. The van der Waals surface area contributed by atoms with Crippen molar-refractivity contribution in [2.24, 2.45) is 5.10 Å². The van der Waals surface area contributed by atoms with Crippen LogP contribution in [-0.2, 0) is 0 Å². The quantitative estimate of drug-likeness (QED) is 0.498. The summed E-state index contributed by atoms with van der Waals surface area (Å²) >= 11 is 13.7. The monoisotopic (exact) mass is 394 g/mol. The van der Waals surface area contributed by atoms with Crippen LogP contribution in [0.4, 0.5) is 0 Å². The van der Waals surface area contributed by atoms with E-state index in [-0.39, 0.29) is 5.75 Å². The van der Waals surface area contributed by atoms with Gasteiger partial charge in [-0.2, -0.15) is 5.10 Å². The summed E-state index contributed by atoms with van der Waals surface area (Å²) in [6.45, 7) is 0. The molecule has 0 atom stereocenters. The van der Waals surface area contributed by atoms with Gasteiger partial charge < -0.3 is 9.84 Å². The van der Waals surface area contributed by atoms with E-state index in [1.807, 2.05) is 0 Å². The summed E-state index contributed by atoms with van der Waals surface area (Å²) in [7, 11) is 1.52. The first-order valence-corrected chi connectivity index (χ1v) is 8.65. The van der Waals surface area contributed by atoms with Gasteiger partial charge in [-0.3, -0.25) is 4.79 Å². The van der Waals surface area contributed by atoms with Crippen molar-refractivity contribution in [2.75, 3.05) is 7.11 Å². The summed E-state index contributed by atoms with van der Waals surface area (Å²) < 4.78 is 5.85. The molecule has 2 N–H and O–H groups in total. The van der Waals surface area contributed by atoms with Crippen LogP contribution < -0.4 is 10.2 Å². The Balaban J connectivity index is 1.85. The summed E-state index contributed by atoms with van der Waals surface area (Å²) in [5.41, 5.74) is 3.07. The number of phenols is 1. The zero-order valence-corrected chi connectivity index (χ0v) is 15.2. The number of amides is 1. The van der Waals surface area contributed by atoms with Gasteiger partial charge >= 0.3 is 0 Å². The molecule has 1 heterocycles. The molecule has 0 saturated carbocycles. The summed E-state index contributed by atoms with van der Waals surface area (Å²) in [5.74, 6) is 0.185. The molecule has 1 aromatic heterocycles. The summed E-state index contributed by atoms with van der Waals surface area (Å²) in [4.78, 5) is 12.6. The lowest BCUT2D eigenvalue weighted by Crippen LogP contribution is -2.16. The van der Waals surface area contributed by atoms with Crippen LogP contribution >= 0.6 is 34.5 Å². The van der Waals surface area contributed by atoms with E-state index in [0.717, 1.165) is 0 Å². The van der Waals surface area contributed by atoms with Crippen molar-refractivity contribution in [3.8, 4) is 11.5 Å². The van der Waals surface area contributed by atoms with Gasteiger partial charge in [-0.15, -0.1) is 11.3 Å². The van der Waals surface area contributed by atoms with Crippen LogP contribution in [0.1, 0.15) is 15.2 Å². The van der Waals surface area contributed by atoms with E-state index >= 15 is 0 Å². The number of phenolic OH excluding ortho intramolecular Hbond substituents is 1. The molecule has 3 rings (SSSR count). The molecule has 128 valence electrons. The van der Waals surface area contributed by atoms with E-state index in [1.54, 1.807) is 30.3 Å². The van der Waals surface area contributed by atoms with Gasteiger partial charge in [0.2, 0.25) is 0 Å². The average molecular weight is 395 g/mol. The molecule has 0 fully saturated rings. The maximum atomic E-state index is 12.3. The number of carbonyl (C=O) groups is 1. The Bertz CT molecular complexity index is 985. The minimum Gasteiger partial charge on any atom is -0.508 e. The maximum absolute atomic E-state index is 12.3. The summed E-state index contributed by atoms with van der Waals surface area (Å²) in [5, 5.41) is 14.7. The molecule has 25 heavy (non-hydrogen) atoms. The number of rotatable bonds is 4. The highest BCUT2D eigenvalue weighted by atomic mass is 35.5. The van der Waals surface area contributed by atoms with Gasteiger partial charge in [0.15, 0.2) is 0 Å². The largest absolute Gasteiger partial charge is 0.508 e. The van der Waals surface area contributed by atoms with E-state index in [9.17, 15) is 9.90 Å². The van der Waals surface area contributed by atoms with E-state index in [0.29, 0.717) is 36.3 Å². The second-order valence-corrected chi connectivity index (χ2v) is 6.77. The maximum Gasteiger partial charge on any atom is 0.283 e. The molecule has 1 amide bonds. The zero-order valence-electron chi connectivity index (χ0n) is 12.9. The average Bonchev–Trinajstić information content (AvgIpc) is 2.93. The number of benzene rings is 2. The highest BCUT2D eigenvalue weighted by Crippen LogP contribution is 2.42. The molecule has 2 aromatic carbocycles. The fourth-order valence-corrected chi connectivity index (χ4v) is 3.99. The number of carbonyl (C=O) groups excluding carboxylic acids is 1. The van der Waals surface area contributed by atoms with E-state index in [1.165, 1.54) is 30.7 Å². The van der Waals surface area contributed by atoms with Gasteiger partial charge in [-0.05, 0) is 29.8 Å². The first-order valence-electron chi connectivity index (χ1n) is 7.08. The molecule has 0 saturated heterocycles. The normalized spacial score (nSPS) is 11.2. The first kappa shape index (κ1) is 17.5. The first-order chi connectivity index (χ1) is 12.0. The van der Waals surface area contributed by atoms with Crippen molar-refractivity contribution in [3.63, 3.8) is 0 Å². The molecule has 0 aliphatic heterocycles. The smallest absolute Gasteiger partial charge is 0.283 e. The number of hydrogen-bond donors (Lipinski definition) is 2. The van der Waals surface area contributed by atoms with Crippen molar-refractivity contribution >= 4 is 56.7 Å². The third-order valence-corrected chi connectivity index (χ3v) is 5.59. The van der Waals surface area contributed by atoms with Crippen LogP contribution in [0.15, 0.2) is 41.5 Å². The van der Waals surface area contributed by atoms with E-state index < -0.39 is 5.91 Å². The predicted molar refractivity (Wildman–Crippen MR) is 102 cm³/mol. The van der Waals surface area contributed by atoms with Crippen LogP contribution in [0.5, 0.6) is 11.5 Å². The standard InChI is InChI=1S/C17H12Cl2N2O3S/c1-24-12-6-5-11-13(18)16(25-15(11)14(12)19)17(23)21-20-8-9-3-2-4-10(22)7-9/h2-8,22H,1H3,(H,21,23)/b20-8+. The number of halogens is 2. The zero-order chi connectivity index (χ0) is 18.0. The van der Waals surface area contributed by atoms with Crippen LogP contribution in [0.3, 0.4) is 0 Å². The van der Waals surface area contributed by atoms with Gasteiger partial charge in [-0.1, -0.05) is 35.3 Å². The molecule has 0 aliphatic rings. The Morgan fingerprint density at radius 1 is 1.28 bits per heavy atom. The van der Waals surface area contributed by atoms with Gasteiger partial charge in [0.1, 0.15) is 21.4 Å². The highest BCUT2D eigenvalue weighted by Gasteiger charge is 2.20. The SMILES string of the molecule is COc1ccc2c(Cl)c(C(=O)N/N=C/c3cccc(O)c3)sc2c1Cl. The minimum atomic E-state index is -0.447. The lowest BCUT2D eigenvalue weighted by molar-refractivity contribution is 0.0959. The number of aromatic hydroxyl groups is 1. The molecule has 0 bridgehead atoms. The third kappa shape index (κ3) is 3.56. The molecule has 3 aromatic rings. The van der Waals surface area contributed by atoms with Gasteiger partial charge in [0.25, 0.3) is 5.91 Å². The van der Waals surface area contributed by atoms with Crippen molar-refractivity contribution in [1.82, 2.24) is 5.43 Å². The number of nitrogens with one attached hydrogen (secondary N) is 1. The number of hydrazone groups is 1. The number of nitrogens with zero attached hydrogens (tertiary/aromatic N) is 1. The Morgan fingerprint density at radius 3 is 2.80 bits per heavy atom. The summed E-state index contributed by atoms with van der Waals surface area (Å²) in [6.07, 6.45) is 1.43. The Hall–Kier alpha value is -2.28. The van der Waals surface area contributed by atoms with Gasteiger partial charge in [-0.25, -0.2) is 5.43 Å². The Morgan fingerprint density at radius 2 is 2.08 bits per heavy atom. The van der Waals surface area contributed by atoms with Crippen LogP contribution in [0, 0.1) is 0 Å². The van der Waals surface area contributed by atoms with Gasteiger partial charge in [0.05, 0.1) is 23.0 Å². The van der Waals surface area contributed by atoms with Gasteiger partial charge in [0, 0.05) is 5.39 Å². The fourth-order valence-electron chi connectivity index (χ4n) is 2.20. The van der Waals surface area contributed by atoms with Crippen molar-refractivity contribution in [2.45, 2.75) is 0 Å². The number of fused-ring (bicyclic) bond motifs is 1. The van der Waals surface area contributed by atoms with E-state index in [4.69, 9.17) is 27.9 Å².